The normalized spacial score (nSPS) is 28.9. The summed E-state index contributed by atoms with van der Waals surface area (Å²) < 4.78 is 0. The highest BCUT2D eigenvalue weighted by atomic mass is 16.4. The molecule has 0 radical (unpaired) electrons. The van der Waals surface area contributed by atoms with Gasteiger partial charge in [0.1, 0.15) is 5.54 Å². The quantitative estimate of drug-likeness (QED) is 0.821. The zero-order valence-corrected chi connectivity index (χ0v) is 9.44. The van der Waals surface area contributed by atoms with Gasteiger partial charge in [0.15, 0.2) is 0 Å². The second-order valence-corrected chi connectivity index (χ2v) is 4.56. The maximum Gasteiger partial charge on any atom is 0.329 e. The number of carbonyl (C=O) groups is 1. The van der Waals surface area contributed by atoms with Crippen LogP contribution in [0.4, 0.5) is 5.69 Å². The summed E-state index contributed by atoms with van der Waals surface area (Å²) in [7, 11) is 0. The van der Waals surface area contributed by atoms with Gasteiger partial charge in [0, 0.05) is 5.69 Å². The number of rotatable bonds is 3. The molecule has 1 saturated carbocycles. The Kier molecular flexibility index (Phi) is 2.86. The van der Waals surface area contributed by atoms with Gasteiger partial charge in [0.25, 0.3) is 0 Å². The Bertz CT molecular complexity index is 377. The van der Waals surface area contributed by atoms with E-state index in [-0.39, 0.29) is 5.92 Å². The lowest BCUT2D eigenvalue weighted by atomic mass is 9.88. The number of hydrogen-bond acceptors (Lipinski definition) is 2. The first-order chi connectivity index (χ1) is 7.65. The van der Waals surface area contributed by atoms with Crippen LogP contribution >= 0.6 is 0 Å². The highest BCUT2D eigenvalue weighted by Gasteiger charge is 2.46. The average Bonchev–Trinajstić information content (AvgIpc) is 2.63. The molecule has 0 bridgehead atoms. The Morgan fingerprint density at radius 3 is 2.62 bits per heavy atom. The van der Waals surface area contributed by atoms with Crippen LogP contribution in [0.3, 0.4) is 0 Å². The molecule has 1 aromatic rings. The molecule has 2 unspecified atom stereocenters. The van der Waals surface area contributed by atoms with Gasteiger partial charge in [-0.3, -0.25) is 0 Å². The summed E-state index contributed by atoms with van der Waals surface area (Å²) in [5.74, 6) is -0.563. The van der Waals surface area contributed by atoms with Crippen molar-refractivity contribution in [3.8, 4) is 0 Å². The van der Waals surface area contributed by atoms with E-state index in [1.165, 1.54) is 0 Å². The predicted molar refractivity (Wildman–Crippen MR) is 63.4 cm³/mol. The maximum atomic E-state index is 11.5. The number of aliphatic carboxylic acids is 1. The molecule has 0 heterocycles. The maximum absolute atomic E-state index is 11.5. The summed E-state index contributed by atoms with van der Waals surface area (Å²) in [6.45, 7) is 2.01. The molecule has 2 N–H and O–H groups in total. The van der Waals surface area contributed by atoms with Gasteiger partial charge in [-0.25, -0.2) is 4.79 Å². The third-order valence-electron chi connectivity index (χ3n) is 3.57. The number of nitrogens with one attached hydrogen (secondary N) is 1. The van der Waals surface area contributed by atoms with Crippen LogP contribution in [0, 0.1) is 5.92 Å². The number of carboxylic acids is 1. The third kappa shape index (κ3) is 1.77. The van der Waals surface area contributed by atoms with Crippen molar-refractivity contribution in [3.05, 3.63) is 30.3 Å². The van der Waals surface area contributed by atoms with Crippen molar-refractivity contribution in [1.29, 1.82) is 0 Å². The first kappa shape index (κ1) is 11.0. The molecule has 2 atom stereocenters. The molecule has 0 spiro atoms. The average molecular weight is 219 g/mol. The van der Waals surface area contributed by atoms with Crippen LogP contribution in [0.25, 0.3) is 0 Å². The molecule has 1 aromatic carbocycles. The van der Waals surface area contributed by atoms with Gasteiger partial charge < -0.3 is 10.4 Å². The minimum absolute atomic E-state index is 0.171. The smallest absolute Gasteiger partial charge is 0.329 e. The van der Waals surface area contributed by atoms with Crippen LogP contribution in [-0.2, 0) is 4.79 Å². The molecule has 1 aliphatic carbocycles. The molecular formula is C13H17NO2. The fourth-order valence-corrected chi connectivity index (χ4v) is 2.52. The standard InChI is InChI=1S/C13H17NO2/c1-10-6-5-9-13(10,12(15)16)14-11-7-3-2-4-8-11/h2-4,7-8,10,14H,5-6,9H2,1H3,(H,15,16). The van der Waals surface area contributed by atoms with E-state index in [0.29, 0.717) is 6.42 Å². The van der Waals surface area contributed by atoms with E-state index in [4.69, 9.17) is 0 Å². The molecule has 0 amide bonds. The van der Waals surface area contributed by atoms with Gasteiger partial charge in [0.2, 0.25) is 0 Å². The summed E-state index contributed by atoms with van der Waals surface area (Å²) in [5, 5.41) is 12.6. The van der Waals surface area contributed by atoms with Crippen LogP contribution in [0.5, 0.6) is 0 Å². The van der Waals surface area contributed by atoms with Gasteiger partial charge in [-0.1, -0.05) is 31.5 Å². The zero-order chi connectivity index (χ0) is 11.6. The Labute approximate surface area is 95.5 Å². The van der Waals surface area contributed by atoms with Crippen LogP contribution in [0.2, 0.25) is 0 Å². The van der Waals surface area contributed by atoms with Crippen molar-refractivity contribution in [2.24, 2.45) is 5.92 Å². The van der Waals surface area contributed by atoms with Crippen molar-refractivity contribution in [2.75, 3.05) is 5.32 Å². The third-order valence-corrected chi connectivity index (χ3v) is 3.57. The number of para-hydroxylation sites is 1. The highest BCUT2D eigenvalue weighted by Crippen LogP contribution is 2.38. The Balaban J connectivity index is 2.25. The first-order valence-corrected chi connectivity index (χ1v) is 5.72. The number of carboxylic acid groups (broad SMARTS) is 1. The van der Waals surface area contributed by atoms with E-state index in [1.54, 1.807) is 0 Å². The van der Waals surface area contributed by atoms with E-state index < -0.39 is 11.5 Å². The topological polar surface area (TPSA) is 49.3 Å². The van der Waals surface area contributed by atoms with E-state index in [0.717, 1.165) is 18.5 Å². The van der Waals surface area contributed by atoms with Crippen LogP contribution in [0.1, 0.15) is 26.2 Å². The van der Waals surface area contributed by atoms with Crippen molar-refractivity contribution in [3.63, 3.8) is 0 Å². The van der Waals surface area contributed by atoms with Crippen LogP contribution < -0.4 is 5.32 Å². The summed E-state index contributed by atoms with van der Waals surface area (Å²) in [4.78, 5) is 11.5. The molecule has 86 valence electrons. The van der Waals surface area contributed by atoms with E-state index in [9.17, 15) is 9.90 Å². The second-order valence-electron chi connectivity index (χ2n) is 4.56. The van der Waals surface area contributed by atoms with Gasteiger partial charge in [-0.15, -0.1) is 0 Å². The van der Waals surface area contributed by atoms with Crippen molar-refractivity contribution >= 4 is 11.7 Å². The Hall–Kier alpha value is -1.51. The molecule has 1 fully saturated rings. The highest BCUT2D eigenvalue weighted by molar-refractivity contribution is 5.83. The Morgan fingerprint density at radius 2 is 2.12 bits per heavy atom. The van der Waals surface area contributed by atoms with E-state index in [2.05, 4.69) is 5.32 Å². The number of benzene rings is 1. The minimum atomic E-state index is -0.776. The molecule has 16 heavy (non-hydrogen) atoms. The van der Waals surface area contributed by atoms with Crippen molar-refractivity contribution in [1.82, 2.24) is 0 Å². The molecule has 0 saturated heterocycles. The summed E-state index contributed by atoms with van der Waals surface area (Å²) in [6.07, 6.45) is 2.66. The first-order valence-electron chi connectivity index (χ1n) is 5.72. The molecular weight excluding hydrogens is 202 g/mol. The molecule has 1 aliphatic rings. The van der Waals surface area contributed by atoms with Crippen LogP contribution in [0.15, 0.2) is 30.3 Å². The minimum Gasteiger partial charge on any atom is -0.479 e. The number of anilines is 1. The summed E-state index contributed by atoms with van der Waals surface area (Å²) >= 11 is 0. The summed E-state index contributed by atoms with van der Waals surface area (Å²) in [6, 6.07) is 9.58. The Morgan fingerprint density at radius 1 is 1.44 bits per heavy atom. The lowest BCUT2D eigenvalue weighted by Gasteiger charge is -2.31. The number of hydrogen-bond donors (Lipinski definition) is 2. The molecule has 0 aromatic heterocycles. The zero-order valence-electron chi connectivity index (χ0n) is 9.44. The van der Waals surface area contributed by atoms with E-state index in [1.807, 2.05) is 37.3 Å². The largest absolute Gasteiger partial charge is 0.479 e. The van der Waals surface area contributed by atoms with Crippen molar-refractivity contribution in [2.45, 2.75) is 31.7 Å². The van der Waals surface area contributed by atoms with E-state index >= 15 is 0 Å². The SMILES string of the molecule is CC1CCCC1(Nc1ccccc1)C(=O)O. The lowest BCUT2D eigenvalue weighted by Crippen LogP contribution is -2.48. The van der Waals surface area contributed by atoms with Gasteiger partial charge >= 0.3 is 5.97 Å². The molecule has 2 rings (SSSR count). The molecule has 3 nitrogen and oxygen atoms in total. The van der Waals surface area contributed by atoms with Gasteiger partial charge in [-0.2, -0.15) is 0 Å². The van der Waals surface area contributed by atoms with Crippen molar-refractivity contribution < 1.29 is 9.90 Å². The van der Waals surface area contributed by atoms with Crippen LogP contribution in [-0.4, -0.2) is 16.6 Å². The fraction of sp³-hybridized carbons (Fsp3) is 0.462. The monoisotopic (exact) mass is 219 g/mol. The predicted octanol–water partition coefficient (Wildman–Crippen LogP) is 2.74. The molecule has 3 heteroatoms. The second kappa shape index (κ2) is 4.16. The molecule has 0 aliphatic heterocycles. The van der Waals surface area contributed by atoms with Gasteiger partial charge in [0.05, 0.1) is 0 Å². The van der Waals surface area contributed by atoms with Gasteiger partial charge in [-0.05, 0) is 30.9 Å². The fourth-order valence-electron chi connectivity index (χ4n) is 2.52. The lowest BCUT2D eigenvalue weighted by molar-refractivity contribution is -0.143. The summed E-state index contributed by atoms with van der Waals surface area (Å²) in [5.41, 5.74) is 0.111.